The van der Waals surface area contributed by atoms with Crippen LogP contribution in [0.5, 0.6) is 11.5 Å². The number of hydrogen-bond acceptors (Lipinski definition) is 4. The van der Waals surface area contributed by atoms with Gasteiger partial charge in [-0.25, -0.2) is 0 Å². The van der Waals surface area contributed by atoms with Gasteiger partial charge in [0.05, 0.1) is 59.9 Å². The number of benzene rings is 2. The predicted molar refractivity (Wildman–Crippen MR) is 173 cm³/mol. The Kier molecular flexibility index (Phi) is 9.89. The summed E-state index contributed by atoms with van der Waals surface area (Å²) in [4.78, 5) is 7.81. The highest BCUT2D eigenvalue weighted by molar-refractivity contribution is 6.31. The molecule has 0 saturated carbocycles. The molecule has 4 aromatic heterocycles. The Morgan fingerprint density at radius 3 is 1.29 bits per heavy atom. The second-order valence-corrected chi connectivity index (χ2v) is 11.7. The normalized spacial score (nSPS) is 11.9. The van der Waals surface area contributed by atoms with E-state index >= 15 is 0 Å². The van der Waals surface area contributed by atoms with E-state index in [1.54, 1.807) is 14.2 Å². The molecular formula is C34H28Cl2F6N4O2. The van der Waals surface area contributed by atoms with Gasteiger partial charge < -0.3 is 18.6 Å². The molecule has 0 atom stereocenters. The molecular weight excluding hydrogens is 681 g/mol. The zero-order valence-electron chi connectivity index (χ0n) is 26.0. The largest absolute Gasteiger partial charge is 0.497 e. The first-order valence-corrected chi connectivity index (χ1v) is 15.1. The van der Waals surface area contributed by atoms with Gasteiger partial charge in [0.2, 0.25) is 0 Å². The van der Waals surface area contributed by atoms with Crippen molar-refractivity contribution in [3.8, 4) is 11.5 Å². The van der Waals surface area contributed by atoms with Gasteiger partial charge in [0.15, 0.2) is 0 Å². The van der Waals surface area contributed by atoms with Gasteiger partial charge in [0.25, 0.3) is 0 Å². The second-order valence-electron chi connectivity index (χ2n) is 10.9. The summed E-state index contributed by atoms with van der Waals surface area (Å²) in [6.45, 7) is 4.42. The Balaban J connectivity index is 0.000000188. The lowest BCUT2D eigenvalue weighted by Crippen LogP contribution is -2.09. The topological polar surface area (TPSA) is 54.1 Å². The minimum Gasteiger partial charge on any atom is -0.497 e. The number of fused-ring (bicyclic) bond motifs is 2. The lowest BCUT2D eigenvalue weighted by atomic mass is 10.2. The highest BCUT2D eigenvalue weighted by atomic mass is 35.5. The molecule has 0 spiro atoms. The van der Waals surface area contributed by atoms with Gasteiger partial charge >= 0.3 is 12.4 Å². The Bertz CT molecular complexity index is 1950. The van der Waals surface area contributed by atoms with E-state index in [1.165, 1.54) is 0 Å². The number of methoxy groups -OCH3 is 2. The molecule has 48 heavy (non-hydrogen) atoms. The Morgan fingerprint density at radius 2 is 0.979 bits per heavy atom. The van der Waals surface area contributed by atoms with E-state index in [1.807, 2.05) is 71.5 Å². The minimum atomic E-state index is -4.46. The summed E-state index contributed by atoms with van der Waals surface area (Å²) in [5, 5.41) is 1.96. The number of halogens is 8. The smallest absolute Gasteiger partial charge is 0.417 e. The molecule has 0 fully saturated rings. The van der Waals surface area contributed by atoms with Gasteiger partial charge in [-0.05, 0) is 74.5 Å². The predicted octanol–water partition coefficient (Wildman–Crippen LogP) is 10.1. The molecule has 0 saturated heterocycles. The van der Waals surface area contributed by atoms with E-state index in [2.05, 4.69) is 9.97 Å². The van der Waals surface area contributed by atoms with Crippen molar-refractivity contribution in [3.63, 3.8) is 0 Å². The summed E-state index contributed by atoms with van der Waals surface area (Å²) in [6.07, 6.45) is -7.29. The molecule has 0 amide bonds. The Labute approximate surface area is 281 Å². The number of alkyl halides is 6. The summed E-state index contributed by atoms with van der Waals surface area (Å²) in [7, 11) is 3.19. The molecule has 6 rings (SSSR count). The lowest BCUT2D eigenvalue weighted by Gasteiger charge is -2.12. The zero-order chi connectivity index (χ0) is 35.0. The number of hydrogen-bond donors (Lipinski definition) is 0. The SMILES string of the molecule is COc1ccc2c(c1)cc(C)n2Cc1ncc(C(F)(F)F)cc1Cl.COc1ccc2c(c1)cc(C)n2Cc1ncc(C(F)(F)F)cc1Cl. The van der Waals surface area contributed by atoms with Crippen molar-refractivity contribution in [2.75, 3.05) is 14.2 Å². The van der Waals surface area contributed by atoms with Crippen LogP contribution in [0.4, 0.5) is 26.3 Å². The maximum absolute atomic E-state index is 12.7. The molecule has 0 unspecified atom stereocenters. The van der Waals surface area contributed by atoms with Crippen LogP contribution in [-0.2, 0) is 25.4 Å². The van der Waals surface area contributed by atoms with E-state index in [9.17, 15) is 26.3 Å². The van der Waals surface area contributed by atoms with Gasteiger partial charge in [-0.3, -0.25) is 9.97 Å². The first kappa shape index (κ1) is 34.9. The molecule has 2 aromatic carbocycles. The van der Waals surface area contributed by atoms with Crippen LogP contribution in [0, 0.1) is 13.8 Å². The monoisotopic (exact) mass is 708 g/mol. The Morgan fingerprint density at radius 1 is 0.604 bits per heavy atom. The van der Waals surface area contributed by atoms with Crippen LogP contribution in [0.15, 0.2) is 73.1 Å². The third-order valence-electron chi connectivity index (χ3n) is 7.74. The van der Waals surface area contributed by atoms with Crippen LogP contribution in [0.25, 0.3) is 21.8 Å². The summed E-state index contributed by atoms with van der Waals surface area (Å²) < 4.78 is 90.5. The van der Waals surface area contributed by atoms with Crippen LogP contribution >= 0.6 is 23.2 Å². The highest BCUT2D eigenvalue weighted by Gasteiger charge is 2.32. The van der Waals surface area contributed by atoms with Gasteiger partial charge in [-0.2, -0.15) is 26.3 Å². The molecule has 0 aliphatic carbocycles. The quantitative estimate of drug-likeness (QED) is 0.162. The fourth-order valence-electron chi connectivity index (χ4n) is 5.22. The van der Waals surface area contributed by atoms with E-state index in [0.717, 1.165) is 69.2 Å². The zero-order valence-corrected chi connectivity index (χ0v) is 27.5. The fraction of sp³-hybridized carbons (Fsp3) is 0.235. The van der Waals surface area contributed by atoms with E-state index < -0.39 is 23.5 Å². The average molecular weight is 710 g/mol. The average Bonchev–Trinajstić information content (AvgIpc) is 3.51. The number of aromatic nitrogens is 4. The van der Waals surface area contributed by atoms with Crippen LogP contribution < -0.4 is 9.47 Å². The third-order valence-corrected chi connectivity index (χ3v) is 8.39. The van der Waals surface area contributed by atoms with E-state index in [-0.39, 0.29) is 10.0 Å². The minimum absolute atomic E-state index is 0.000383. The molecule has 252 valence electrons. The number of ether oxygens (including phenoxy) is 2. The molecule has 0 N–H and O–H groups in total. The van der Waals surface area contributed by atoms with Crippen molar-refractivity contribution in [2.45, 2.75) is 39.3 Å². The van der Waals surface area contributed by atoms with Crippen molar-refractivity contribution in [3.05, 3.63) is 117 Å². The molecule has 0 bridgehead atoms. The van der Waals surface area contributed by atoms with E-state index in [4.69, 9.17) is 32.7 Å². The molecule has 0 aliphatic rings. The molecule has 0 radical (unpaired) electrons. The summed E-state index contributed by atoms with van der Waals surface area (Å²) >= 11 is 12.0. The third kappa shape index (κ3) is 7.50. The molecule has 6 nitrogen and oxygen atoms in total. The summed E-state index contributed by atoms with van der Waals surface area (Å²) in [6, 6.07) is 17.1. The van der Waals surface area contributed by atoms with E-state index in [0.29, 0.717) is 24.5 Å². The number of nitrogens with zero attached hydrogens (tertiary/aromatic N) is 4. The standard InChI is InChI=1S/2C17H14ClF3N2O/c2*1-10-5-11-6-13(24-2)3-4-16(11)23(10)9-15-14(18)7-12(8-22-15)17(19,20)21/h2*3-8H,9H2,1-2H3. The van der Waals surface area contributed by atoms with Crippen molar-refractivity contribution in [2.24, 2.45) is 0 Å². The van der Waals surface area contributed by atoms with Crippen LogP contribution in [0.3, 0.4) is 0 Å². The van der Waals surface area contributed by atoms with Crippen LogP contribution in [0.2, 0.25) is 10.0 Å². The van der Waals surface area contributed by atoms with Gasteiger partial charge in [-0.1, -0.05) is 23.2 Å². The summed E-state index contributed by atoms with van der Waals surface area (Å²) in [5.41, 5.74) is 2.86. The van der Waals surface area contributed by atoms with Crippen molar-refractivity contribution < 1.29 is 35.8 Å². The maximum Gasteiger partial charge on any atom is 0.417 e. The Hall–Kier alpha value is -4.42. The van der Waals surface area contributed by atoms with Crippen molar-refractivity contribution in [1.29, 1.82) is 0 Å². The first-order chi connectivity index (χ1) is 22.6. The van der Waals surface area contributed by atoms with Gasteiger partial charge in [0.1, 0.15) is 11.5 Å². The van der Waals surface area contributed by atoms with Gasteiger partial charge in [0, 0.05) is 45.6 Å². The first-order valence-electron chi connectivity index (χ1n) is 14.3. The summed E-state index contributed by atoms with van der Waals surface area (Å²) in [5.74, 6) is 1.48. The van der Waals surface area contributed by atoms with Crippen LogP contribution in [-0.4, -0.2) is 33.3 Å². The van der Waals surface area contributed by atoms with Crippen LogP contribution in [0.1, 0.15) is 33.9 Å². The van der Waals surface area contributed by atoms with Gasteiger partial charge in [-0.15, -0.1) is 0 Å². The molecule has 4 heterocycles. The lowest BCUT2D eigenvalue weighted by molar-refractivity contribution is -0.138. The fourth-order valence-corrected chi connectivity index (χ4v) is 5.67. The number of aryl methyl sites for hydroxylation is 2. The maximum atomic E-state index is 12.7. The molecule has 0 aliphatic heterocycles. The van der Waals surface area contributed by atoms with Crippen molar-refractivity contribution in [1.82, 2.24) is 19.1 Å². The van der Waals surface area contributed by atoms with Crippen molar-refractivity contribution >= 4 is 45.0 Å². The molecule has 6 aromatic rings. The number of pyridine rings is 2. The number of rotatable bonds is 6. The molecule has 14 heteroatoms. The highest BCUT2D eigenvalue weighted by Crippen LogP contribution is 2.34. The second kappa shape index (κ2) is 13.6.